The third kappa shape index (κ3) is 3.53. The third-order valence-electron chi connectivity index (χ3n) is 5.47. The van der Waals surface area contributed by atoms with Crippen LogP contribution in [0.4, 0.5) is 0 Å². The average Bonchev–Trinajstić information content (AvgIpc) is 3.27. The number of benzene rings is 1. The Morgan fingerprint density at radius 2 is 2.12 bits per heavy atom. The summed E-state index contributed by atoms with van der Waals surface area (Å²) in [5.74, 6) is 0.630. The van der Waals surface area contributed by atoms with Crippen LogP contribution < -0.4 is 10.5 Å². The molecular formula is C19H26ClN3O3. The van der Waals surface area contributed by atoms with Crippen molar-refractivity contribution in [3.8, 4) is 5.75 Å². The Kier molecular flexibility index (Phi) is 5.73. The predicted octanol–water partition coefficient (Wildman–Crippen LogP) is 2.15. The van der Waals surface area contributed by atoms with Gasteiger partial charge in [-0.2, -0.15) is 0 Å². The Labute approximate surface area is 159 Å². The topological polar surface area (TPSA) is 75.9 Å². The molecule has 1 aromatic rings. The Balaban J connectivity index is 1.81. The lowest BCUT2D eigenvalue weighted by molar-refractivity contribution is -0.135. The molecule has 2 saturated heterocycles. The molecule has 0 spiro atoms. The van der Waals surface area contributed by atoms with E-state index >= 15 is 0 Å². The summed E-state index contributed by atoms with van der Waals surface area (Å²) >= 11 is 6.06. The summed E-state index contributed by atoms with van der Waals surface area (Å²) in [6.45, 7) is 3.87. The first-order valence-corrected chi connectivity index (χ1v) is 9.49. The molecular weight excluding hydrogens is 354 g/mol. The van der Waals surface area contributed by atoms with Gasteiger partial charge in [0.15, 0.2) is 0 Å². The van der Waals surface area contributed by atoms with Gasteiger partial charge in [-0.05, 0) is 56.8 Å². The summed E-state index contributed by atoms with van der Waals surface area (Å²) in [7, 11) is 1.52. The summed E-state index contributed by atoms with van der Waals surface area (Å²) in [4.78, 5) is 29.8. The van der Waals surface area contributed by atoms with Crippen LogP contribution in [0.25, 0.3) is 0 Å². The fourth-order valence-electron chi connectivity index (χ4n) is 4.08. The van der Waals surface area contributed by atoms with E-state index in [1.54, 1.807) is 23.1 Å². The minimum absolute atomic E-state index is 0.0281. The number of likely N-dealkylation sites (tertiary alicyclic amines) is 2. The highest BCUT2D eigenvalue weighted by Gasteiger charge is 2.41. The lowest BCUT2D eigenvalue weighted by Crippen LogP contribution is -2.49. The van der Waals surface area contributed by atoms with Crippen molar-refractivity contribution in [3.05, 3.63) is 28.8 Å². The Morgan fingerprint density at radius 1 is 1.35 bits per heavy atom. The molecule has 0 bridgehead atoms. The van der Waals surface area contributed by atoms with Crippen LogP contribution in [0.15, 0.2) is 18.2 Å². The third-order valence-corrected chi connectivity index (χ3v) is 5.70. The molecule has 26 heavy (non-hydrogen) atoms. The van der Waals surface area contributed by atoms with E-state index in [-0.39, 0.29) is 17.9 Å². The Morgan fingerprint density at radius 3 is 2.77 bits per heavy atom. The molecule has 2 fully saturated rings. The van der Waals surface area contributed by atoms with Gasteiger partial charge in [-0.15, -0.1) is 0 Å². The van der Waals surface area contributed by atoms with Gasteiger partial charge in [0.1, 0.15) is 11.8 Å². The maximum atomic E-state index is 13.1. The minimum atomic E-state index is -0.426. The molecule has 3 atom stereocenters. The summed E-state index contributed by atoms with van der Waals surface area (Å²) in [6.07, 6.45) is 2.42. The van der Waals surface area contributed by atoms with E-state index in [4.69, 9.17) is 22.1 Å². The second-order valence-electron chi connectivity index (χ2n) is 7.18. The number of hydrogen-bond acceptors (Lipinski definition) is 4. The number of methoxy groups -OCH3 is 1. The van der Waals surface area contributed by atoms with Crippen molar-refractivity contribution < 1.29 is 14.3 Å². The molecule has 142 valence electrons. The minimum Gasteiger partial charge on any atom is -0.496 e. The van der Waals surface area contributed by atoms with Crippen LogP contribution in [-0.2, 0) is 4.79 Å². The number of nitrogens with two attached hydrogens (primary N) is 1. The van der Waals surface area contributed by atoms with Crippen molar-refractivity contribution in [2.45, 2.75) is 38.3 Å². The summed E-state index contributed by atoms with van der Waals surface area (Å²) in [6, 6.07) is 4.70. The lowest BCUT2D eigenvalue weighted by Gasteiger charge is -2.30. The highest BCUT2D eigenvalue weighted by Crippen LogP contribution is 2.30. The van der Waals surface area contributed by atoms with E-state index in [0.717, 1.165) is 12.8 Å². The summed E-state index contributed by atoms with van der Waals surface area (Å²) in [5, 5.41) is 0.468. The fraction of sp³-hybridized carbons (Fsp3) is 0.579. The number of carbonyl (C=O) groups excluding carboxylic acids is 2. The molecule has 2 N–H and O–H groups in total. The van der Waals surface area contributed by atoms with Gasteiger partial charge in [0.2, 0.25) is 5.91 Å². The van der Waals surface area contributed by atoms with Gasteiger partial charge in [-0.25, -0.2) is 0 Å². The summed E-state index contributed by atoms with van der Waals surface area (Å²) < 4.78 is 5.31. The standard InChI is InChI=1S/C19H26ClN3O3/c1-12-8-13(10-21)11-23(12)19(25)16-4-3-7-22(16)18(24)15-9-14(20)5-6-17(15)26-2/h5-6,9,12-13,16H,3-4,7-8,10-11,21H2,1-2H3. The largest absolute Gasteiger partial charge is 0.496 e. The Bertz CT molecular complexity index is 697. The molecule has 2 amide bonds. The molecule has 0 aromatic heterocycles. The number of nitrogens with zero attached hydrogens (tertiary/aromatic N) is 2. The normalized spacial score (nSPS) is 25.6. The maximum Gasteiger partial charge on any atom is 0.258 e. The second-order valence-corrected chi connectivity index (χ2v) is 7.61. The Hall–Kier alpha value is -1.79. The lowest BCUT2D eigenvalue weighted by atomic mass is 10.1. The number of ether oxygens (including phenoxy) is 1. The van der Waals surface area contributed by atoms with Gasteiger partial charge in [-0.1, -0.05) is 11.6 Å². The highest BCUT2D eigenvalue weighted by molar-refractivity contribution is 6.31. The average molecular weight is 380 g/mol. The van der Waals surface area contributed by atoms with E-state index in [9.17, 15) is 9.59 Å². The van der Waals surface area contributed by atoms with Crippen LogP contribution in [-0.4, -0.2) is 60.4 Å². The molecule has 2 aliphatic rings. The number of carbonyl (C=O) groups is 2. The van der Waals surface area contributed by atoms with Crippen molar-refractivity contribution in [1.82, 2.24) is 9.80 Å². The van der Waals surface area contributed by atoms with Gasteiger partial charge in [0.25, 0.3) is 5.91 Å². The number of amides is 2. The quantitative estimate of drug-likeness (QED) is 0.869. The molecule has 6 nitrogen and oxygen atoms in total. The molecule has 2 aliphatic heterocycles. The van der Waals surface area contributed by atoms with E-state index in [0.29, 0.717) is 48.3 Å². The zero-order valence-corrected chi connectivity index (χ0v) is 16.0. The second kappa shape index (κ2) is 7.84. The number of rotatable bonds is 4. The predicted molar refractivity (Wildman–Crippen MR) is 100 cm³/mol. The van der Waals surface area contributed by atoms with Crippen molar-refractivity contribution in [2.24, 2.45) is 11.7 Å². The SMILES string of the molecule is COc1ccc(Cl)cc1C(=O)N1CCCC1C(=O)N1CC(CN)CC1C. The fourth-order valence-corrected chi connectivity index (χ4v) is 4.25. The van der Waals surface area contributed by atoms with Gasteiger partial charge in [-0.3, -0.25) is 9.59 Å². The highest BCUT2D eigenvalue weighted by atomic mass is 35.5. The number of hydrogen-bond donors (Lipinski definition) is 1. The van der Waals surface area contributed by atoms with E-state index in [1.807, 2.05) is 4.90 Å². The zero-order chi connectivity index (χ0) is 18.8. The van der Waals surface area contributed by atoms with Gasteiger partial charge in [0.05, 0.1) is 12.7 Å². The van der Waals surface area contributed by atoms with Crippen LogP contribution in [0.5, 0.6) is 5.75 Å². The van der Waals surface area contributed by atoms with Gasteiger partial charge < -0.3 is 20.3 Å². The van der Waals surface area contributed by atoms with Crippen molar-refractivity contribution in [3.63, 3.8) is 0 Å². The molecule has 0 saturated carbocycles. The number of halogens is 1. The van der Waals surface area contributed by atoms with Crippen molar-refractivity contribution in [1.29, 1.82) is 0 Å². The van der Waals surface area contributed by atoms with Crippen LogP contribution in [0.1, 0.15) is 36.5 Å². The molecule has 0 radical (unpaired) electrons. The van der Waals surface area contributed by atoms with Gasteiger partial charge in [0, 0.05) is 24.2 Å². The van der Waals surface area contributed by atoms with E-state index < -0.39 is 6.04 Å². The molecule has 0 aliphatic carbocycles. The molecule has 2 heterocycles. The smallest absolute Gasteiger partial charge is 0.258 e. The zero-order valence-electron chi connectivity index (χ0n) is 15.3. The molecule has 3 unspecified atom stereocenters. The van der Waals surface area contributed by atoms with E-state index in [1.165, 1.54) is 7.11 Å². The van der Waals surface area contributed by atoms with Gasteiger partial charge >= 0.3 is 0 Å². The van der Waals surface area contributed by atoms with Crippen LogP contribution >= 0.6 is 11.6 Å². The van der Waals surface area contributed by atoms with Crippen molar-refractivity contribution >= 4 is 23.4 Å². The van der Waals surface area contributed by atoms with Crippen LogP contribution in [0, 0.1) is 5.92 Å². The summed E-state index contributed by atoms with van der Waals surface area (Å²) in [5.41, 5.74) is 6.18. The van der Waals surface area contributed by atoms with E-state index in [2.05, 4.69) is 6.92 Å². The maximum absolute atomic E-state index is 13.1. The first kappa shape index (κ1) is 19.0. The van der Waals surface area contributed by atoms with Crippen LogP contribution in [0.2, 0.25) is 5.02 Å². The first-order chi connectivity index (χ1) is 12.5. The first-order valence-electron chi connectivity index (χ1n) is 9.11. The monoisotopic (exact) mass is 379 g/mol. The van der Waals surface area contributed by atoms with Crippen molar-refractivity contribution in [2.75, 3.05) is 26.7 Å². The molecule has 3 rings (SSSR count). The molecule has 1 aromatic carbocycles. The molecule has 7 heteroatoms. The van der Waals surface area contributed by atoms with Crippen LogP contribution in [0.3, 0.4) is 0 Å².